The first-order valence-corrected chi connectivity index (χ1v) is 9.29. The number of allylic oxidation sites excluding steroid dienone is 1. The van der Waals surface area contributed by atoms with E-state index in [1.54, 1.807) is 0 Å². The van der Waals surface area contributed by atoms with Crippen LogP contribution in [0.2, 0.25) is 0 Å². The molecule has 1 unspecified atom stereocenters. The number of ether oxygens (including phenoxy) is 2. The van der Waals surface area contributed by atoms with Gasteiger partial charge >= 0.3 is 5.97 Å². The van der Waals surface area contributed by atoms with Crippen LogP contribution in [0.5, 0.6) is 5.75 Å². The van der Waals surface area contributed by atoms with E-state index in [1.807, 2.05) is 48.5 Å². The molecule has 1 aliphatic carbocycles. The van der Waals surface area contributed by atoms with Crippen molar-refractivity contribution in [1.82, 2.24) is 0 Å². The van der Waals surface area contributed by atoms with Crippen LogP contribution in [0.15, 0.2) is 84.9 Å². The Morgan fingerprint density at radius 1 is 0.926 bits per heavy atom. The zero-order valence-electron chi connectivity index (χ0n) is 14.9. The molecule has 0 N–H and O–H groups in total. The van der Waals surface area contributed by atoms with E-state index in [2.05, 4.69) is 30.8 Å². The van der Waals surface area contributed by atoms with Crippen molar-refractivity contribution in [2.24, 2.45) is 11.8 Å². The third-order valence-electron chi connectivity index (χ3n) is 5.75. The Morgan fingerprint density at radius 3 is 2.48 bits per heavy atom. The third kappa shape index (κ3) is 2.71. The number of rotatable bonds is 3. The van der Waals surface area contributed by atoms with Crippen molar-refractivity contribution in [2.45, 2.75) is 18.6 Å². The van der Waals surface area contributed by atoms with Crippen LogP contribution in [0.25, 0.3) is 10.8 Å². The Morgan fingerprint density at radius 2 is 1.67 bits per heavy atom. The summed E-state index contributed by atoms with van der Waals surface area (Å²) in [6.07, 6.45) is 0.0776. The average molecular weight is 356 g/mol. The minimum Gasteiger partial charge on any atom is -0.454 e. The molecule has 1 aliphatic heterocycles. The highest BCUT2D eigenvalue weighted by Crippen LogP contribution is 2.52. The molecule has 3 aromatic carbocycles. The van der Waals surface area contributed by atoms with Crippen LogP contribution < -0.4 is 4.74 Å². The summed E-state index contributed by atoms with van der Waals surface area (Å²) in [5, 5.41) is 2.26. The highest BCUT2D eigenvalue weighted by molar-refractivity contribution is 5.83. The molecule has 1 saturated carbocycles. The maximum atomic E-state index is 12.4. The Labute approximate surface area is 158 Å². The van der Waals surface area contributed by atoms with Crippen molar-refractivity contribution < 1.29 is 14.3 Å². The van der Waals surface area contributed by atoms with Gasteiger partial charge in [-0.1, -0.05) is 72.8 Å². The highest BCUT2D eigenvalue weighted by Gasteiger charge is 2.55. The lowest BCUT2D eigenvalue weighted by Gasteiger charge is -2.25. The first-order valence-electron chi connectivity index (χ1n) is 9.29. The molecule has 1 saturated heterocycles. The maximum absolute atomic E-state index is 12.4. The van der Waals surface area contributed by atoms with Crippen LogP contribution in [-0.4, -0.2) is 12.3 Å². The van der Waals surface area contributed by atoms with Gasteiger partial charge in [-0.3, -0.25) is 4.79 Å². The molecular formula is C24H20O3. The van der Waals surface area contributed by atoms with Crippen LogP contribution in [-0.2, 0) is 9.53 Å². The van der Waals surface area contributed by atoms with Gasteiger partial charge in [0.15, 0.2) is 0 Å². The molecule has 2 fully saturated rings. The van der Waals surface area contributed by atoms with Gasteiger partial charge in [0.05, 0.1) is 11.8 Å². The van der Waals surface area contributed by atoms with E-state index >= 15 is 0 Å². The van der Waals surface area contributed by atoms with Gasteiger partial charge in [0.25, 0.3) is 0 Å². The van der Waals surface area contributed by atoms with Gasteiger partial charge in [-0.15, -0.1) is 0 Å². The summed E-state index contributed by atoms with van der Waals surface area (Å²) in [5.74, 6) is 0.405. The lowest BCUT2D eigenvalue weighted by molar-refractivity contribution is -0.154. The number of esters is 1. The molecule has 0 bridgehead atoms. The van der Waals surface area contributed by atoms with Crippen molar-refractivity contribution in [3.05, 3.63) is 90.5 Å². The number of hydrogen-bond donors (Lipinski definition) is 0. The molecule has 0 amide bonds. The van der Waals surface area contributed by atoms with E-state index in [0.717, 1.165) is 22.1 Å². The number of carbonyl (C=O) groups excluding carboxylic acids is 1. The van der Waals surface area contributed by atoms with Crippen LogP contribution in [0.1, 0.15) is 17.9 Å². The lowest BCUT2D eigenvalue weighted by atomic mass is 9.84. The molecule has 4 atom stereocenters. The summed E-state index contributed by atoms with van der Waals surface area (Å²) >= 11 is 0. The number of fused-ring (bicyclic) bond motifs is 2. The fourth-order valence-electron chi connectivity index (χ4n) is 4.51. The van der Waals surface area contributed by atoms with Crippen molar-refractivity contribution >= 4 is 16.7 Å². The molecule has 3 aromatic rings. The maximum Gasteiger partial charge on any atom is 0.312 e. The smallest absolute Gasteiger partial charge is 0.312 e. The Bertz CT molecular complexity index is 1020. The van der Waals surface area contributed by atoms with Gasteiger partial charge < -0.3 is 9.47 Å². The largest absolute Gasteiger partial charge is 0.454 e. The van der Waals surface area contributed by atoms with E-state index in [4.69, 9.17) is 9.47 Å². The number of hydrogen-bond acceptors (Lipinski definition) is 3. The molecule has 27 heavy (non-hydrogen) atoms. The Balaban J connectivity index is 1.48. The fourth-order valence-corrected chi connectivity index (χ4v) is 4.51. The van der Waals surface area contributed by atoms with Crippen LogP contribution in [0, 0.1) is 11.8 Å². The van der Waals surface area contributed by atoms with Gasteiger partial charge in [0.2, 0.25) is 6.29 Å². The minimum atomic E-state index is -0.590. The summed E-state index contributed by atoms with van der Waals surface area (Å²) < 4.78 is 11.8. The van der Waals surface area contributed by atoms with E-state index in [1.165, 1.54) is 5.56 Å². The molecule has 1 heterocycles. The monoisotopic (exact) mass is 356 g/mol. The quantitative estimate of drug-likeness (QED) is 0.485. The summed E-state index contributed by atoms with van der Waals surface area (Å²) in [6.45, 7) is 4.25. The van der Waals surface area contributed by atoms with Crippen LogP contribution >= 0.6 is 0 Å². The molecule has 0 aromatic heterocycles. The van der Waals surface area contributed by atoms with Crippen molar-refractivity contribution in [3.8, 4) is 5.75 Å². The summed E-state index contributed by atoms with van der Waals surface area (Å²) in [6, 6.07) is 24.3. The molecule has 134 valence electrons. The lowest BCUT2D eigenvalue weighted by Crippen LogP contribution is -2.28. The topological polar surface area (TPSA) is 35.5 Å². The fraction of sp³-hybridized carbons (Fsp3) is 0.208. The zero-order valence-corrected chi connectivity index (χ0v) is 14.9. The number of cyclic esters (lactones) is 1. The number of benzene rings is 3. The van der Waals surface area contributed by atoms with Crippen molar-refractivity contribution in [3.63, 3.8) is 0 Å². The van der Waals surface area contributed by atoms with E-state index in [9.17, 15) is 4.79 Å². The van der Waals surface area contributed by atoms with Gasteiger partial charge in [0, 0.05) is 5.92 Å². The highest BCUT2D eigenvalue weighted by atomic mass is 16.7. The first-order chi connectivity index (χ1) is 13.2. The van der Waals surface area contributed by atoms with Crippen molar-refractivity contribution in [1.29, 1.82) is 0 Å². The second-order valence-electron chi connectivity index (χ2n) is 7.37. The van der Waals surface area contributed by atoms with Gasteiger partial charge in [0.1, 0.15) is 5.75 Å². The summed E-state index contributed by atoms with van der Waals surface area (Å²) in [7, 11) is 0. The standard InChI is InChI=1S/C24H20O3/c1-15-13-20-22(21(15)17-8-3-2-4-9-17)24(27-23(20)25)26-19-12-11-16-7-5-6-10-18(16)14-19/h2-12,14,20-22,24H,1,13H2/t20-,21?,22-,24+/m1/s1. The summed E-state index contributed by atoms with van der Waals surface area (Å²) in [4.78, 5) is 12.4. The van der Waals surface area contributed by atoms with Gasteiger partial charge in [-0.25, -0.2) is 0 Å². The predicted octanol–water partition coefficient (Wildman–Crippen LogP) is 5.08. The predicted molar refractivity (Wildman–Crippen MR) is 104 cm³/mol. The zero-order chi connectivity index (χ0) is 18.4. The molecule has 0 spiro atoms. The SMILES string of the molecule is C=C1C[C@H]2C(=O)O[C@H](Oc3ccc4ccccc4c3)[C@H]2C1c1ccccc1. The first kappa shape index (κ1) is 16.1. The van der Waals surface area contributed by atoms with E-state index in [-0.39, 0.29) is 23.7 Å². The molecule has 5 rings (SSSR count). The number of carbonyl (C=O) groups is 1. The normalized spacial score (nSPS) is 26.8. The molecular weight excluding hydrogens is 336 g/mol. The molecule has 2 aliphatic rings. The summed E-state index contributed by atoms with van der Waals surface area (Å²) in [5.41, 5.74) is 2.25. The minimum absolute atomic E-state index is 0.0427. The Kier molecular flexibility index (Phi) is 3.75. The van der Waals surface area contributed by atoms with E-state index in [0.29, 0.717) is 6.42 Å². The van der Waals surface area contributed by atoms with Crippen LogP contribution in [0.3, 0.4) is 0 Å². The van der Waals surface area contributed by atoms with Gasteiger partial charge in [-0.05, 0) is 34.9 Å². The van der Waals surface area contributed by atoms with Crippen LogP contribution in [0.4, 0.5) is 0 Å². The molecule has 3 heteroatoms. The second-order valence-corrected chi connectivity index (χ2v) is 7.37. The average Bonchev–Trinajstić information content (AvgIpc) is 3.19. The van der Waals surface area contributed by atoms with Gasteiger partial charge in [-0.2, -0.15) is 0 Å². The second kappa shape index (κ2) is 6.27. The molecule has 3 nitrogen and oxygen atoms in total. The molecule has 0 radical (unpaired) electrons. The van der Waals surface area contributed by atoms with Crippen molar-refractivity contribution in [2.75, 3.05) is 0 Å². The third-order valence-corrected chi connectivity index (χ3v) is 5.75. The Hall–Kier alpha value is -3.07. The van der Waals surface area contributed by atoms with E-state index < -0.39 is 6.29 Å².